The fourth-order valence-corrected chi connectivity index (χ4v) is 2.63. The first-order valence-electron chi connectivity index (χ1n) is 7.93. The van der Waals surface area contributed by atoms with E-state index in [0.717, 1.165) is 16.9 Å². The number of nitrogens with one attached hydrogen (secondary N) is 2. The number of hydrogen-bond acceptors (Lipinski definition) is 3. The van der Waals surface area contributed by atoms with Gasteiger partial charge in [-0.1, -0.05) is 30.7 Å². The first kappa shape index (κ1) is 17.9. The molecule has 24 heavy (non-hydrogen) atoms. The van der Waals surface area contributed by atoms with Crippen molar-refractivity contribution in [2.24, 2.45) is 0 Å². The topological polar surface area (TPSA) is 58.2 Å². The smallest absolute Gasteiger partial charge is 0.268 e. The third-order valence-electron chi connectivity index (χ3n) is 3.63. The highest BCUT2D eigenvalue weighted by molar-refractivity contribution is 7.10. The van der Waals surface area contributed by atoms with Crippen LogP contribution in [0.2, 0.25) is 0 Å². The van der Waals surface area contributed by atoms with E-state index in [0.29, 0.717) is 5.56 Å². The number of hydrogen-bond donors (Lipinski definition) is 2. The monoisotopic (exact) mass is 342 g/mol. The molecule has 0 saturated carbocycles. The molecule has 126 valence electrons. The molecule has 0 spiro atoms. The second-order valence-corrected chi connectivity index (χ2v) is 6.66. The van der Waals surface area contributed by atoms with E-state index in [4.69, 9.17) is 0 Å². The molecule has 1 aromatic carbocycles. The lowest BCUT2D eigenvalue weighted by Crippen LogP contribution is -2.38. The first-order chi connectivity index (χ1) is 11.5. The number of carbonyl (C=O) groups excluding carboxylic acids is 2. The minimum absolute atomic E-state index is 0.0421. The van der Waals surface area contributed by atoms with Crippen LogP contribution in [0.3, 0.4) is 0 Å². The molecule has 0 saturated heterocycles. The summed E-state index contributed by atoms with van der Waals surface area (Å²) < 4.78 is 0. The quantitative estimate of drug-likeness (QED) is 0.786. The van der Waals surface area contributed by atoms with E-state index in [1.165, 1.54) is 11.3 Å². The molecule has 2 amide bonds. The van der Waals surface area contributed by atoms with E-state index >= 15 is 0 Å². The van der Waals surface area contributed by atoms with Gasteiger partial charge in [-0.25, -0.2) is 0 Å². The van der Waals surface area contributed by atoms with Crippen molar-refractivity contribution in [3.05, 3.63) is 63.5 Å². The summed E-state index contributed by atoms with van der Waals surface area (Å²) in [6, 6.07) is 11.1. The maximum atomic E-state index is 12.5. The van der Waals surface area contributed by atoms with E-state index in [2.05, 4.69) is 10.6 Å². The van der Waals surface area contributed by atoms with Crippen LogP contribution in [0, 0.1) is 6.92 Å². The number of thiophene rings is 1. The lowest BCUT2D eigenvalue weighted by Gasteiger charge is -2.14. The van der Waals surface area contributed by atoms with Gasteiger partial charge >= 0.3 is 0 Å². The van der Waals surface area contributed by atoms with Crippen molar-refractivity contribution in [1.82, 2.24) is 10.6 Å². The molecule has 2 rings (SSSR count). The van der Waals surface area contributed by atoms with Gasteiger partial charge < -0.3 is 10.6 Å². The zero-order chi connectivity index (χ0) is 17.5. The van der Waals surface area contributed by atoms with Gasteiger partial charge in [0.25, 0.3) is 11.8 Å². The second-order valence-electron chi connectivity index (χ2n) is 5.68. The summed E-state index contributed by atoms with van der Waals surface area (Å²) in [4.78, 5) is 25.8. The van der Waals surface area contributed by atoms with Crippen LogP contribution < -0.4 is 10.6 Å². The van der Waals surface area contributed by atoms with E-state index in [1.54, 1.807) is 18.2 Å². The maximum absolute atomic E-state index is 12.5. The number of aryl methyl sites for hydroxylation is 1. The molecule has 0 fully saturated rings. The Morgan fingerprint density at radius 2 is 1.92 bits per heavy atom. The molecule has 0 aliphatic heterocycles. The number of amides is 2. The van der Waals surface area contributed by atoms with Crippen LogP contribution in [0.1, 0.15) is 41.1 Å². The number of carbonyl (C=O) groups is 2. The Morgan fingerprint density at radius 1 is 1.21 bits per heavy atom. The molecular formula is C19H22N2O2S. The van der Waals surface area contributed by atoms with E-state index in [9.17, 15) is 9.59 Å². The highest BCUT2D eigenvalue weighted by Crippen LogP contribution is 2.13. The van der Waals surface area contributed by atoms with Crippen molar-refractivity contribution >= 4 is 29.2 Å². The van der Waals surface area contributed by atoms with Crippen LogP contribution in [0.25, 0.3) is 6.08 Å². The minimum Gasteiger partial charge on any atom is -0.348 e. The lowest BCUT2D eigenvalue weighted by atomic mass is 10.1. The van der Waals surface area contributed by atoms with Crippen molar-refractivity contribution in [3.63, 3.8) is 0 Å². The zero-order valence-electron chi connectivity index (χ0n) is 14.1. The summed E-state index contributed by atoms with van der Waals surface area (Å²) in [5, 5.41) is 7.56. The summed E-state index contributed by atoms with van der Waals surface area (Å²) in [7, 11) is 0. The molecule has 5 heteroatoms. The Hall–Kier alpha value is -2.40. The van der Waals surface area contributed by atoms with Crippen LogP contribution in [-0.4, -0.2) is 17.9 Å². The molecular weight excluding hydrogens is 320 g/mol. The fourth-order valence-electron chi connectivity index (χ4n) is 1.98. The summed E-state index contributed by atoms with van der Waals surface area (Å²) in [6.45, 7) is 5.89. The highest BCUT2D eigenvalue weighted by atomic mass is 32.1. The third-order valence-corrected chi connectivity index (χ3v) is 4.45. The Kier molecular flexibility index (Phi) is 6.32. The van der Waals surface area contributed by atoms with Crippen LogP contribution >= 0.6 is 11.3 Å². The molecule has 0 aliphatic carbocycles. The van der Waals surface area contributed by atoms with Crippen molar-refractivity contribution in [2.75, 3.05) is 0 Å². The molecule has 1 aromatic heterocycles. The van der Waals surface area contributed by atoms with Gasteiger partial charge in [-0.15, -0.1) is 11.3 Å². The van der Waals surface area contributed by atoms with Gasteiger partial charge in [0.15, 0.2) is 0 Å². The van der Waals surface area contributed by atoms with Crippen LogP contribution in [0.4, 0.5) is 0 Å². The van der Waals surface area contributed by atoms with Gasteiger partial charge in [0.1, 0.15) is 5.70 Å². The van der Waals surface area contributed by atoms with Crippen molar-refractivity contribution in [3.8, 4) is 0 Å². The van der Waals surface area contributed by atoms with Crippen molar-refractivity contribution in [2.45, 2.75) is 33.2 Å². The minimum atomic E-state index is -0.294. The zero-order valence-corrected chi connectivity index (χ0v) is 14.9. The Bertz CT molecular complexity index is 718. The highest BCUT2D eigenvalue weighted by Gasteiger charge is 2.16. The SMILES string of the molecule is CC[C@@H](C)NC(=O)/C(=C/c1cccs1)NC(=O)c1ccc(C)cc1. The molecule has 1 heterocycles. The average molecular weight is 342 g/mol. The molecule has 0 unspecified atom stereocenters. The molecule has 2 aromatic rings. The normalized spacial score (nSPS) is 12.5. The third kappa shape index (κ3) is 5.06. The van der Waals surface area contributed by atoms with Gasteiger partial charge in [-0.05, 0) is 49.9 Å². The molecule has 4 nitrogen and oxygen atoms in total. The first-order valence-corrected chi connectivity index (χ1v) is 8.81. The van der Waals surface area contributed by atoms with Gasteiger partial charge in [0.05, 0.1) is 0 Å². The average Bonchev–Trinajstić information content (AvgIpc) is 3.07. The predicted octanol–water partition coefficient (Wildman–Crippen LogP) is 3.74. The van der Waals surface area contributed by atoms with Crippen LogP contribution in [-0.2, 0) is 4.79 Å². The molecule has 1 atom stereocenters. The summed E-state index contributed by atoms with van der Waals surface area (Å²) >= 11 is 1.51. The Morgan fingerprint density at radius 3 is 2.50 bits per heavy atom. The van der Waals surface area contributed by atoms with Crippen molar-refractivity contribution < 1.29 is 9.59 Å². The van der Waals surface area contributed by atoms with E-state index in [-0.39, 0.29) is 23.6 Å². The predicted molar refractivity (Wildman–Crippen MR) is 98.8 cm³/mol. The number of rotatable bonds is 6. The maximum Gasteiger partial charge on any atom is 0.268 e. The molecule has 0 bridgehead atoms. The molecule has 0 radical (unpaired) electrons. The second kappa shape index (κ2) is 8.45. The lowest BCUT2D eigenvalue weighted by molar-refractivity contribution is -0.118. The summed E-state index contributed by atoms with van der Waals surface area (Å²) in [6.07, 6.45) is 2.53. The van der Waals surface area contributed by atoms with Gasteiger partial charge in [-0.3, -0.25) is 9.59 Å². The van der Waals surface area contributed by atoms with Crippen LogP contribution in [0.15, 0.2) is 47.5 Å². The fraction of sp³-hybridized carbons (Fsp3) is 0.263. The largest absolute Gasteiger partial charge is 0.348 e. The summed E-state index contributed by atoms with van der Waals surface area (Å²) in [5.74, 6) is -0.574. The van der Waals surface area contributed by atoms with E-state index < -0.39 is 0 Å². The number of benzene rings is 1. The van der Waals surface area contributed by atoms with Gasteiger partial charge in [-0.2, -0.15) is 0 Å². The van der Waals surface area contributed by atoms with Crippen LogP contribution in [0.5, 0.6) is 0 Å². The molecule has 2 N–H and O–H groups in total. The summed E-state index contributed by atoms with van der Waals surface area (Å²) in [5.41, 5.74) is 1.85. The standard InChI is InChI=1S/C19H22N2O2S/c1-4-14(3)20-19(23)17(12-16-6-5-11-24-16)21-18(22)15-9-7-13(2)8-10-15/h5-12,14H,4H2,1-3H3,(H,20,23)(H,21,22)/b17-12-/t14-/m1/s1. The molecule has 0 aliphatic rings. The Labute approximate surface area is 146 Å². The Balaban J connectivity index is 2.20. The van der Waals surface area contributed by atoms with Gasteiger partial charge in [0, 0.05) is 16.5 Å². The van der Waals surface area contributed by atoms with Gasteiger partial charge in [0.2, 0.25) is 0 Å². The van der Waals surface area contributed by atoms with Crippen molar-refractivity contribution in [1.29, 1.82) is 0 Å². The van der Waals surface area contributed by atoms with E-state index in [1.807, 2.05) is 50.4 Å².